The van der Waals surface area contributed by atoms with E-state index in [1.165, 1.54) is 16.7 Å². The molecule has 0 radical (unpaired) electrons. The van der Waals surface area contributed by atoms with E-state index in [2.05, 4.69) is 47.3 Å². The summed E-state index contributed by atoms with van der Waals surface area (Å²) in [6.45, 7) is 6.12. The number of piperazine rings is 1. The normalized spacial score (nSPS) is 16.2. The number of thiophene rings is 1. The van der Waals surface area contributed by atoms with Crippen molar-refractivity contribution in [2.75, 3.05) is 45.7 Å². The fraction of sp³-hybridized carbons (Fsp3) is 0.375. The van der Waals surface area contributed by atoms with Crippen molar-refractivity contribution in [1.29, 1.82) is 0 Å². The Morgan fingerprint density at radius 1 is 1.19 bits per heavy atom. The zero-order valence-electron chi connectivity index (χ0n) is 18.3. The number of carbonyl (C=O) groups excluding carboxylic acids is 1. The Morgan fingerprint density at radius 3 is 2.55 bits per heavy atom. The molecule has 7 heteroatoms. The van der Waals surface area contributed by atoms with Crippen LogP contribution in [0.4, 0.5) is 5.00 Å². The highest BCUT2D eigenvalue weighted by Gasteiger charge is 2.29. The van der Waals surface area contributed by atoms with Crippen molar-refractivity contribution in [3.63, 3.8) is 0 Å². The largest absolute Gasteiger partial charge is 0.497 e. The van der Waals surface area contributed by atoms with Gasteiger partial charge in [-0.2, -0.15) is 0 Å². The van der Waals surface area contributed by atoms with E-state index in [-0.39, 0.29) is 11.9 Å². The van der Waals surface area contributed by atoms with Gasteiger partial charge in [-0.25, -0.2) is 0 Å². The van der Waals surface area contributed by atoms with Gasteiger partial charge in [0.1, 0.15) is 10.8 Å². The van der Waals surface area contributed by atoms with Gasteiger partial charge in [-0.15, -0.1) is 11.3 Å². The molecule has 6 nitrogen and oxygen atoms in total. The molecule has 1 amide bonds. The minimum atomic E-state index is -0.220. The van der Waals surface area contributed by atoms with Crippen LogP contribution in [0, 0.1) is 0 Å². The van der Waals surface area contributed by atoms with Crippen molar-refractivity contribution in [2.24, 2.45) is 0 Å². The highest BCUT2D eigenvalue weighted by Crippen LogP contribution is 2.40. The summed E-state index contributed by atoms with van der Waals surface area (Å²) in [4.78, 5) is 18.9. The molecule has 3 heterocycles. The lowest BCUT2D eigenvalue weighted by Gasteiger charge is -2.38. The summed E-state index contributed by atoms with van der Waals surface area (Å²) >= 11 is 1.64. The standard InChI is InChI=1S/C24H29N3O3S/c1-4-19-16-20(24(31-19)25-23(28)21-6-5-15-30-21)22(27-13-11-26(2)12-14-27)17-7-9-18(29-3)10-8-17/h5-10,15-16,22H,4,11-14H2,1-3H3,(H,25,28). The molecule has 164 valence electrons. The molecule has 1 aromatic carbocycles. The van der Waals surface area contributed by atoms with E-state index in [1.54, 1.807) is 30.6 Å². The van der Waals surface area contributed by atoms with Crippen LogP contribution < -0.4 is 10.1 Å². The fourth-order valence-electron chi connectivity index (χ4n) is 3.96. The summed E-state index contributed by atoms with van der Waals surface area (Å²) in [6.07, 6.45) is 2.44. The first-order valence-electron chi connectivity index (χ1n) is 10.6. The van der Waals surface area contributed by atoms with Crippen LogP contribution in [-0.2, 0) is 6.42 Å². The zero-order valence-corrected chi connectivity index (χ0v) is 19.1. The van der Waals surface area contributed by atoms with Gasteiger partial charge in [0.2, 0.25) is 0 Å². The van der Waals surface area contributed by atoms with Crippen LogP contribution >= 0.6 is 11.3 Å². The number of anilines is 1. The van der Waals surface area contributed by atoms with E-state index in [4.69, 9.17) is 9.15 Å². The molecule has 3 aromatic rings. The summed E-state index contributed by atoms with van der Waals surface area (Å²) in [7, 11) is 3.84. The molecule has 1 saturated heterocycles. The molecular weight excluding hydrogens is 410 g/mol. The molecule has 4 rings (SSSR count). The van der Waals surface area contributed by atoms with Crippen molar-refractivity contribution in [1.82, 2.24) is 9.80 Å². The fourth-order valence-corrected chi connectivity index (χ4v) is 4.98. The molecule has 0 aliphatic carbocycles. The molecule has 2 aromatic heterocycles. The Morgan fingerprint density at radius 2 is 1.94 bits per heavy atom. The van der Waals surface area contributed by atoms with Crippen molar-refractivity contribution in [3.8, 4) is 5.75 Å². The molecule has 31 heavy (non-hydrogen) atoms. The average Bonchev–Trinajstić information content (AvgIpc) is 3.46. The van der Waals surface area contributed by atoms with Crippen molar-refractivity contribution in [2.45, 2.75) is 19.4 Å². The third-order valence-corrected chi connectivity index (χ3v) is 6.97. The average molecular weight is 440 g/mol. The van der Waals surface area contributed by atoms with Crippen LogP contribution in [0.5, 0.6) is 5.75 Å². The number of methoxy groups -OCH3 is 1. The first kappa shape index (κ1) is 21.6. The number of aryl methyl sites for hydroxylation is 1. The maximum Gasteiger partial charge on any atom is 0.291 e. The third kappa shape index (κ3) is 4.84. The van der Waals surface area contributed by atoms with Gasteiger partial charge in [0.15, 0.2) is 5.76 Å². The molecule has 0 saturated carbocycles. The summed E-state index contributed by atoms with van der Waals surface area (Å²) in [5, 5.41) is 4.00. The quantitative estimate of drug-likeness (QED) is 0.587. The summed E-state index contributed by atoms with van der Waals surface area (Å²) < 4.78 is 10.7. The number of nitrogens with one attached hydrogen (secondary N) is 1. The van der Waals surface area contributed by atoms with Crippen LogP contribution in [0.25, 0.3) is 0 Å². The van der Waals surface area contributed by atoms with E-state index in [9.17, 15) is 4.79 Å². The number of benzene rings is 1. The maximum absolute atomic E-state index is 12.8. The molecule has 0 spiro atoms. The number of likely N-dealkylation sites (N-methyl/N-ethyl adjacent to an activating group) is 1. The van der Waals surface area contributed by atoms with E-state index >= 15 is 0 Å². The molecule has 0 bridgehead atoms. The van der Waals surface area contributed by atoms with Gasteiger partial charge in [-0.3, -0.25) is 9.69 Å². The van der Waals surface area contributed by atoms with Crippen LogP contribution in [0.1, 0.15) is 39.5 Å². The van der Waals surface area contributed by atoms with Gasteiger partial charge in [-0.1, -0.05) is 19.1 Å². The van der Waals surface area contributed by atoms with Gasteiger partial charge in [0.05, 0.1) is 19.4 Å². The highest BCUT2D eigenvalue weighted by molar-refractivity contribution is 7.16. The SMILES string of the molecule is CCc1cc(C(c2ccc(OC)cc2)N2CCN(C)CC2)c(NC(=O)c2ccco2)s1. The maximum atomic E-state index is 12.8. The summed E-state index contributed by atoms with van der Waals surface area (Å²) in [5.74, 6) is 0.937. The second-order valence-corrected chi connectivity index (χ2v) is 8.93. The smallest absolute Gasteiger partial charge is 0.291 e. The molecule has 1 aliphatic heterocycles. The molecule has 1 unspecified atom stereocenters. The van der Waals surface area contributed by atoms with E-state index in [0.29, 0.717) is 5.76 Å². The number of furan rings is 1. The lowest BCUT2D eigenvalue weighted by Crippen LogP contribution is -2.46. The number of amides is 1. The predicted octanol–water partition coefficient (Wildman–Crippen LogP) is 4.50. The van der Waals surface area contributed by atoms with Gasteiger partial charge in [0.25, 0.3) is 5.91 Å². The lowest BCUT2D eigenvalue weighted by atomic mass is 9.97. The zero-order chi connectivity index (χ0) is 21.8. The van der Waals surface area contributed by atoms with Crippen molar-refractivity contribution < 1.29 is 13.9 Å². The van der Waals surface area contributed by atoms with E-state index < -0.39 is 0 Å². The first-order chi connectivity index (χ1) is 15.1. The van der Waals surface area contributed by atoms with Crippen molar-refractivity contribution >= 4 is 22.2 Å². The third-order valence-electron chi connectivity index (χ3n) is 5.76. The van der Waals surface area contributed by atoms with Crippen LogP contribution in [-0.4, -0.2) is 56.0 Å². The number of carbonyl (C=O) groups is 1. The molecular formula is C24H29N3O3S. The monoisotopic (exact) mass is 439 g/mol. The Hall–Kier alpha value is -2.61. The Balaban J connectivity index is 1.72. The minimum Gasteiger partial charge on any atom is -0.497 e. The summed E-state index contributed by atoms with van der Waals surface area (Å²) in [5.41, 5.74) is 2.33. The number of nitrogens with zero attached hydrogens (tertiary/aromatic N) is 2. The second kappa shape index (κ2) is 9.68. The van der Waals surface area contributed by atoms with Crippen LogP contribution in [0.15, 0.2) is 53.1 Å². The van der Waals surface area contributed by atoms with Crippen LogP contribution in [0.3, 0.4) is 0 Å². The lowest BCUT2D eigenvalue weighted by molar-refractivity contribution is 0.0996. The number of hydrogen-bond donors (Lipinski definition) is 1. The first-order valence-corrected chi connectivity index (χ1v) is 11.4. The van der Waals surface area contributed by atoms with Gasteiger partial charge < -0.3 is 19.4 Å². The predicted molar refractivity (Wildman–Crippen MR) is 124 cm³/mol. The number of rotatable bonds is 7. The molecule has 1 aliphatic rings. The van der Waals surface area contributed by atoms with Crippen LogP contribution in [0.2, 0.25) is 0 Å². The molecule has 1 N–H and O–H groups in total. The molecule has 1 atom stereocenters. The Bertz CT molecular complexity index is 990. The van der Waals surface area contributed by atoms with E-state index in [0.717, 1.165) is 48.9 Å². The van der Waals surface area contributed by atoms with E-state index in [1.807, 2.05) is 12.1 Å². The summed E-state index contributed by atoms with van der Waals surface area (Å²) in [6, 6.07) is 14.0. The van der Waals surface area contributed by atoms with Crippen molar-refractivity contribution in [3.05, 3.63) is 70.5 Å². The second-order valence-electron chi connectivity index (χ2n) is 7.80. The Labute approximate surface area is 187 Å². The number of hydrogen-bond acceptors (Lipinski definition) is 6. The topological polar surface area (TPSA) is 58.0 Å². The Kier molecular flexibility index (Phi) is 6.75. The minimum absolute atomic E-state index is 0.0584. The highest BCUT2D eigenvalue weighted by atomic mass is 32.1. The van der Waals surface area contributed by atoms with Gasteiger partial charge in [-0.05, 0) is 49.4 Å². The molecule has 1 fully saturated rings. The van der Waals surface area contributed by atoms with Gasteiger partial charge in [0, 0.05) is 36.6 Å². The van der Waals surface area contributed by atoms with Gasteiger partial charge >= 0.3 is 0 Å². The number of ether oxygens (including phenoxy) is 1.